The van der Waals surface area contributed by atoms with E-state index in [0.717, 1.165) is 9.86 Å². The lowest BCUT2D eigenvalue weighted by molar-refractivity contribution is -0.122. The first kappa shape index (κ1) is 20.8. The number of nitrogens with zero attached hydrogens (tertiary/aromatic N) is 5. The number of primary amides is 1. The minimum Gasteiger partial charge on any atom is -0.369 e. The van der Waals surface area contributed by atoms with Gasteiger partial charge in [0, 0.05) is 28.9 Å². The second-order valence-electron chi connectivity index (χ2n) is 7.70. The Morgan fingerprint density at radius 1 is 1.06 bits per heavy atom. The number of halogens is 1. The maximum Gasteiger partial charge on any atom is 0.229 e. The van der Waals surface area contributed by atoms with Crippen LogP contribution >= 0.6 is 15.9 Å². The number of fused-ring (bicyclic) bond motifs is 3. The van der Waals surface area contributed by atoms with Crippen molar-refractivity contribution in [3.63, 3.8) is 0 Å². The molecule has 0 saturated carbocycles. The van der Waals surface area contributed by atoms with E-state index in [4.69, 9.17) is 10.7 Å². The molecule has 0 radical (unpaired) electrons. The van der Waals surface area contributed by atoms with Gasteiger partial charge in [-0.3, -0.25) is 4.79 Å². The number of nitrogens with two attached hydrogens (primary N) is 1. The fourth-order valence-electron chi connectivity index (χ4n) is 4.04. The summed E-state index contributed by atoms with van der Waals surface area (Å²) in [5.41, 5.74) is 6.34. The zero-order valence-corrected chi connectivity index (χ0v) is 19.3. The number of hydrogen-bond donors (Lipinski definition) is 1. The Balaban J connectivity index is 1.67. The highest BCUT2D eigenvalue weighted by Crippen LogP contribution is 2.32. The van der Waals surface area contributed by atoms with Gasteiger partial charge in [0.15, 0.2) is 5.65 Å². The average molecular weight is 515 g/mol. The summed E-state index contributed by atoms with van der Waals surface area (Å²) in [4.78, 5) is 18.5. The van der Waals surface area contributed by atoms with Crippen molar-refractivity contribution >= 4 is 54.0 Å². The van der Waals surface area contributed by atoms with Gasteiger partial charge in [0.2, 0.25) is 20.8 Å². The topological polar surface area (TPSA) is 124 Å². The van der Waals surface area contributed by atoms with Gasteiger partial charge in [-0.25, -0.2) is 13.4 Å². The predicted molar refractivity (Wildman–Crippen MR) is 122 cm³/mol. The lowest BCUT2D eigenvalue weighted by Crippen LogP contribution is -2.39. The van der Waals surface area contributed by atoms with Gasteiger partial charge in [-0.2, -0.15) is 4.52 Å². The molecule has 1 aliphatic heterocycles. The van der Waals surface area contributed by atoms with Gasteiger partial charge in [-0.05, 0) is 49.2 Å². The standard InChI is InChI=1S/C21H19BrN6O3S/c22-14-5-7-15(8-6-14)32(30,31)21-20-24-19(27-11-9-13(10-12-27)18(23)29)16-3-1-2-4-17(16)28(20)26-25-21/h1-8,13H,9-12H2,(H2,23,29). The lowest BCUT2D eigenvalue weighted by Gasteiger charge is -2.32. The molecule has 0 aliphatic carbocycles. The Hall–Kier alpha value is -3.05. The van der Waals surface area contributed by atoms with Crippen LogP contribution < -0.4 is 10.6 Å². The number of rotatable bonds is 4. The summed E-state index contributed by atoms with van der Waals surface area (Å²) < 4.78 is 28.9. The molecule has 2 aromatic carbocycles. The summed E-state index contributed by atoms with van der Waals surface area (Å²) in [6, 6.07) is 13.9. The molecule has 9 nitrogen and oxygen atoms in total. The summed E-state index contributed by atoms with van der Waals surface area (Å²) in [5, 5.41) is 8.76. The van der Waals surface area contributed by atoms with Crippen molar-refractivity contribution in [1.29, 1.82) is 0 Å². The van der Waals surface area contributed by atoms with Gasteiger partial charge in [-0.1, -0.05) is 33.3 Å². The van der Waals surface area contributed by atoms with Gasteiger partial charge in [-0.15, -0.1) is 5.10 Å². The Morgan fingerprint density at radius 2 is 1.75 bits per heavy atom. The van der Waals surface area contributed by atoms with Crippen LogP contribution in [0.4, 0.5) is 5.82 Å². The summed E-state index contributed by atoms with van der Waals surface area (Å²) in [5.74, 6) is 0.192. The molecule has 4 aromatic rings. The third-order valence-corrected chi connectivity index (χ3v) is 7.97. The minimum absolute atomic E-state index is 0.113. The van der Waals surface area contributed by atoms with Crippen LogP contribution in [0, 0.1) is 5.92 Å². The summed E-state index contributed by atoms with van der Waals surface area (Å²) >= 11 is 3.32. The van der Waals surface area contributed by atoms with Crippen molar-refractivity contribution in [3.8, 4) is 0 Å². The van der Waals surface area contributed by atoms with E-state index in [9.17, 15) is 13.2 Å². The Labute approximate surface area is 192 Å². The molecule has 1 aliphatic rings. The van der Waals surface area contributed by atoms with Crippen LogP contribution in [0.2, 0.25) is 0 Å². The van der Waals surface area contributed by atoms with E-state index in [0.29, 0.717) is 37.3 Å². The average Bonchev–Trinajstić information content (AvgIpc) is 3.24. The smallest absolute Gasteiger partial charge is 0.229 e. The quantitative estimate of drug-likeness (QED) is 0.443. The zero-order chi connectivity index (χ0) is 22.5. The number of amides is 1. The maximum atomic E-state index is 13.3. The van der Waals surface area contributed by atoms with E-state index in [-0.39, 0.29) is 27.4 Å². The molecule has 1 fully saturated rings. The zero-order valence-electron chi connectivity index (χ0n) is 16.8. The fraction of sp³-hybridized carbons (Fsp3) is 0.238. The van der Waals surface area contributed by atoms with Crippen molar-refractivity contribution < 1.29 is 13.2 Å². The highest BCUT2D eigenvalue weighted by Gasteiger charge is 2.29. The maximum absolute atomic E-state index is 13.3. The van der Waals surface area contributed by atoms with Crippen LogP contribution in [0.1, 0.15) is 12.8 Å². The van der Waals surface area contributed by atoms with Gasteiger partial charge >= 0.3 is 0 Å². The molecule has 2 N–H and O–H groups in total. The molecule has 11 heteroatoms. The largest absolute Gasteiger partial charge is 0.369 e. The first-order chi connectivity index (χ1) is 15.4. The number of carbonyl (C=O) groups is 1. The number of sulfone groups is 1. The highest BCUT2D eigenvalue weighted by molar-refractivity contribution is 9.10. The molecule has 164 valence electrons. The normalized spacial score (nSPS) is 15.5. The molecule has 1 amide bonds. The van der Waals surface area contributed by atoms with Crippen molar-refractivity contribution in [2.75, 3.05) is 18.0 Å². The van der Waals surface area contributed by atoms with Crippen molar-refractivity contribution in [2.24, 2.45) is 11.7 Å². The number of para-hydroxylation sites is 1. The van der Waals surface area contributed by atoms with E-state index < -0.39 is 9.84 Å². The van der Waals surface area contributed by atoms with E-state index in [1.165, 1.54) is 16.6 Å². The molecule has 0 bridgehead atoms. The first-order valence-corrected chi connectivity index (χ1v) is 12.3. The molecule has 32 heavy (non-hydrogen) atoms. The van der Waals surface area contributed by atoms with Crippen LogP contribution in [0.25, 0.3) is 16.6 Å². The Kier molecular flexibility index (Phi) is 5.09. The minimum atomic E-state index is -3.93. The van der Waals surface area contributed by atoms with Crippen LogP contribution in [0.3, 0.4) is 0 Å². The Morgan fingerprint density at radius 3 is 2.44 bits per heavy atom. The summed E-state index contributed by atoms with van der Waals surface area (Å²) in [7, 11) is -3.93. The second kappa shape index (κ2) is 7.82. The van der Waals surface area contributed by atoms with Crippen molar-refractivity contribution in [1.82, 2.24) is 19.8 Å². The molecule has 3 heterocycles. The van der Waals surface area contributed by atoms with Crippen molar-refractivity contribution in [2.45, 2.75) is 22.8 Å². The van der Waals surface area contributed by atoms with Crippen LogP contribution in [0.5, 0.6) is 0 Å². The molecule has 5 rings (SSSR count). The molecule has 2 aromatic heterocycles. The SMILES string of the molecule is NC(=O)C1CCN(c2nc3c(S(=O)(=O)c4ccc(Br)cc4)nnn3c3ccccc23)CC1. The van der Waals surface area contributed by atoms with Crippen molar-refractivity contribution in [3.05, 3.63) is 53.0 Å². The lowest BCUT2D eigenvalue weighted by atomic mass is 9.96. The highest BCUT2D eigenvalue weighted by atomic mass is 79.9. The van der Waals surface area contributed by atoms with E-state index in [1.54, 1.807) is 12.1 Å². The molecular formula is C21H19BrN6O3S. The number of benzene rings is 2. The van der Waals surface area contributed by atoms with Crippen LogP contribution in [-0.2, 0) is 14.6 Å². The Bertz CT molecular complexity index is 1440. The van der Waals surface area contributed by atoms with Crippen LogP contribution in [0.15, 0.2) is 62.9 Å². The van der Waals surface area contributed by atoms with Gasteiger partial charge in [0.25, 0.3) is 0 Å². The number of piperidine rings is 1. The molecule has 0 spiro atoms. The number of anilines is 1. The fourth-order valence-corrected chi connectivity index (χ4v) is 5.54. The monoisotopic (exact) mass is 514 g/mol. The van der Waals surface area contributed by atoms with E-state index in [1.807, 2.05) is 24.3 Å². The number of carbonyl (C=O) groups excluding carboxylic acids is 1. The van der Waals surface area contributed by atoms with E-state index in [2.05, 4.69) is 31.1 Å². The second-order valence-corrected chi connectivity index (χ2v) is 10.5. The molecule has 0 atom stereocenters. The number of hydrogen-bond acceptors (Lipinski definition) is 7. The molecular weight excluding hydrogens is 496 g/mol. The summed E-state index contributed by atoms with van der Waals surface area (Å²) in [6.07, 6.45) is 1.25. The molecule has 0 unspecified atom stereocenters. The first-order valence-electron chi connectivity index (χ1n) is 10.1. The predicted octanol–water partition coefficient (Wildman–Crippen LogP) is 2.57. The van der Waals surface area contributed by atoms with Gasteiger partial charge in [0.05, 0.1) is 10.4 Å². The third-order valence-electron chi connectivity index (χ3n) is 5.78. The van der Waals surface area contributed by atoms with Crippen LogP contribution in [-0.4, -0.2) is 47.2 Å². The summed E-state index contributed by atoms with van der Waals surface area (Å²) in [6.45, 7) is 1.19. The molecule has 1 saturated heterocycles. The number of aromatic nitrogens is 4. The van der Waals surface area contributed by atoms with Gasteiger partial charge < -0.3 is 10.6 Å². The van der Waals surface area contributed by atoms with E-state index >= 15 is 0 Å². The third kappa shape index (κ3) is 3.41. The van der Waals surface area contributed by atoms with Gasteiger partial charge in [0.1, 0.15) is 5.82 Å².